The van der Waals surface area contributed by atoms with Crippen molar-refractivity contribution in [3.8, 4) is 5.88 Å². The summed E-state index contributed by atoms with van der Waals surface area (Å²) in [5.41, 5.74) is -0.0606. The zero-order chi connectivity index (χ0) is 15.5. The number of piperidine rings is 1. The molecule has 0 saturated carbocycles. The van der Waals surface area contributed by atoms with Crippen molar-refractivity contribution in [2.45, 2.75) is 37.5 Å². The van der Waals surface area contributed by atoms with E-state index in [9.17, 15) is 0 Å². The first-order valence-corrected chi connectivity index (χ1v) is 9.02. The van der Waals surface area contributed by atoms with E-state index < -0.39 is 0 Å². The molecule has 2 aliphatic rings. The van der Waals surface area contributed by atoms with E-state index in [1.807, 2.05) is 29.8 Å². The number of thiazole rings is 1. The first kappa shape index (κ1) is 15.1. The van der Waals surface area contributed by atoms with E-state index in [2.05, 4.69) is 14.9 Å². The molecule has 122 valence electrons. The van der Waals surface area contributed by atoms with Crippen molar-refractivity contribution < 1.29 is 9.47 Å². The molecule has 1 spiro atoms. The average Bonchev–Trinajstić information content (AvgIpc) is 3.19. The molecule has 23 heavy (non-hydrogen) atoms. The van der Waals surface area contributed by atoms with Gasteiger partial charge < -0.3 is 9.47 Å². The summed E-state index contributed by atoms with van der Waals surface area (Å²) in [4.78, 5) is 11.1. The highest BCUT2D eigenvalue weighted by Crippen LogP contribution is 2.36. The van der Waals surface area contributed by atoms with Crippen LogP contribution in [0.25, 0.3) is 0 Å². The van der Waals surface area contributed by atoms with Crippen LogP contribution in [0, 0.1) is 0 Å². The van der Waals surface area contributed by atoms with Gasteiger partial charge in [0, 0.05) is 36.8 Å². The van der Waals surface area contributed by atoms with E-state index in [4.69, 9.17) is 9.47 Å². The van der Waals surface area contributed by atoms with Gasteiger partial charge in [-0.3, -0.25) is 4.90 Å². The Morgan fingerprint density at radius 3 is 3.17 bits per heavy atom. The third-order valence-electron chi connectivity index (χ3n) is 4.56. The van der Waals surface area contributed by atoms with Crippen LogP contribution in [0.3, 0.4) is 0 Å². The molecule has 0 aromatic carbocycles. The quantitative estimate of drug-likeness (QED) is 0.862. The van der Waals surface area contributed by atoms with Gasteiger partial charge in [-0.05, 0) is 25.5 Å². The van der Waals surface area contributed by atoms with E-state index in [0.29, 0.717) is 12.5 Å². The second-order valence-corrected chi connectivity index (χ2v) is 7.33. The summed E-state index contributed by atoms with van der Waals surface area (Å²) in [6.45, 7) is 3.67. The topological polar surface area (TPSA) is 47.5 Å². The van der Waals surface area contributed by atoms with Gasteiger partial charge in [-0.2, -0.15) is 0 Å². The van der Waals surface area contributed by atoms with Crippen molar-refractivity contribution in [2.75, 3.05) is 19.7 Å². The lowest BCUT2D eigenvalue weighted by Crippen LogP contribution is -2.47. The Morgan fingerprint density at radius 2 is 2.35 bits per heavy atom. The van der Waals surface area contributed by atoms with Crippen LogP contribution >= 0.6 is 11.3 Å². The van der Waals surface area contributed by atoms with Crippen LogP contribution in [-0.2, 0) is 11.3 Å². The van der Waals surface area contributed by atoms with E-state index in [1.54, 1.807) is 17.5 Å². The minimum absolute atomic E-state index is 0.0606. The average molecular weight is 331 g/mol. The first-order chi connectivity index (χ1) is 11.3. The molecular weight excluding hydrogens is 310 g/mol. The number of rotatable bonds is 4. The van der Waals surface area contributed by atoms with E-state index in [1.165, 1.54) is 11.4 Å². The van der Waals surface area contributed by atoms with Crippen molar-refractivity contribution in [3.05, 3.63) is 41.0 Å². The van der Waals surface area contributed by atoms with Gasteiger partial charge in [-0.1, -0.05) is 6.07 Å². The maximum absolute atomic E-state index is 6.20. The number of pyridine rings is 1. The maximum Gasteiger partial charge on any atom is 0.213 e. The van der Waals surface area contributed by atoms with Crippen molar-refractivity contribution in [1.29, 1.82) is 0 Å². The van der Waals surface area contributed by atoms with Gasteiger partial charge in [0.1, 0.15) is 11.1 Å². The lowest BCUT2D eigenvalue weighted by molar-refractivity contribution is -0.0538. The Labute approximate surface area is 140 Å². The van der Waals surface area contributed by atoms with Gasteiger partial charge in [0.25, 0.3) is 0 Å². The van der Waals surface area contributed by atoms with Crippen molar-refractivity contribution in [3.63, 3.8) is 0 Å². The van der Waals surface area contributed by atoms with Crippen LogP contribution in [0.1, 0.15) is 24.3 Å². The Kier molecular flexibility index (Phi) is 4.29. The zero-order valence-corrected chi connectivity index (χ0v) is 13.9. The highest BCUT2D eigenvalue weighted by Gasteiger charge is 2.44. The van der Waals surface area contributed by atoms with E-state index in [-0.39, 0.29) is 11.7 Å². The Balaban J connectivity index is 1.37. The summed E-state index contributed by atoms with van der Waals surface area (Å²) in [6.07, 6.45) is 6.97. The molecule has 0 radical (unpaired) electrons. The van der Waals surface area contributed by atoms with Crippen LogP contribution in [0.5, 0.6) is 5.88 Å². The molecule has 2 saturated heterocycles. The maximum atomic E-state index is 6.20. The van der Waals surface area contributed by atoms with Gasteiger partial charge in [0.15, 0.2) is 0 Å². The predicted molar refractivity (Wildman–Crippen MR) is 88.6 cm³/mol. The summed E-state index contributed by atoms with van der Waals surface area (Å²) in [7, 11) is 0. The van der Waals surface area contributed by atoms with Crippen LogP contribution in [-0.4, -0.2) is 46.3 Å². The molecule has 6 heteroatoms. The molecule has 0 aliphatic carbocycles. The van der Waals surface area contributed by atoms with Gasteiger partial charge in [-0.15, -0.1) is 11.3 Å². The summed E-state index contributed by atoms with van der Waals surface area (Å²) in [5, 5.41) is 3.22. The molecule has 0 N–H and O–H groups in total. The fourth-order valence-corrected chi connectivity index (χ4v) is 4.26. The Bertz CT molecular complexity index is 622. The fraction of sp³-hybridized carbons (Fsp3) is 0.529. The normalized spacial score (nSPS) is 28.3. The van der Waals surface area contributed by atoms with Crippen molar-refractivity contribution in [2.24, 2.45) is 0 Å². The number of hydrogen-bond donors (Lipinski definition) is 0. The highest BCUT2D eigenvalue weighted by atomic mass is 32.1. The standard InChI is InChI=1S/C17H21N3O2S/c1-2-6-18-15(4-1)22-14-10-17(21-12-14)5-3-8-20(13-17)11-16-19-7-9-23-16/h1-2,4,6-7,9,14H,3,5,8,10-13H2/t14-,17+/m1/s1. The first-order valence-electron chi connectivity index (χ1n) is 8.14. The zero-order valence-electron chi connectivity index (χ0n) is 13.1. The molecule has 5 nitrogen and oxygen atoms in total. The monoisotopic (exact) mass is 331 g/mol. The van der Waals surface area contributed by atoms with Gasteiger partial charge in [0.05, 0.1) is 18.8 Å². The number of hydrogen-bond acceptors (Lipinski definition) is 6. The molecule has 2 fully saturated rings. The molecule has 4 rings (SSSR count). The van der Waals surface area contributed by atoms with Gasteiger partial charge in [0.2, 0.25) is 5.88 Å². The number of aromatic nitrogens is 2. The third kappa shape index (κ3) is 3.54. The minimum atomic E-state index is -0.0606. The predicted octanol–water partition coefficient (Wildman–Crippen LogP) is 2.74. The Morgan fingerprint density at radius 1 is 1.35 bits per heavy atom. The lowest BCUT2D eigenvalue weighted by atomic mass is 9.89. The minimum Gasteiger partial charge on any atom is -0.472 e. The molecule has 2 aromatic heterocycles. The molecule has 2 atom stereocenters. The lowest BCUT2D eigenvalue weighted by Gasteiger charge is -2.39. The second kappa shape index (κ2) is 6.55. The molecule has 4 heterocycles. The summed E-state index contributed by atoms with van der Waals surface area (Å²) >= 11 is 1.72. The second-order valence-electron chi connectivity index (χ2n) is 6.35. The summed E-state index contributed by atoms with van der Waals surface area (Å²) in [6, 6.07) is 5.75. The third-order valence-corrected chi connectivity index (χ3v) is 5.33. The summed E-state index contributed by atoms with van der Waals surface area (Å²) in [5.74, 6) is 0.689. The largest absolute Gasteiger partial charge is 0.472 e. The molecule has 2 aliphatic heterocycles. The number of nitrogens with zero attached hydrogens (tertiary/aromatic N) is 3. The number of ether oxygens (including phenoxy) is 2. The van der Waals surface area contributed by atoms with Crippen molar-refractivity contribution in [1.82, 2.24) is 14.9 Å². The van der Waals surface area contributed by atoms with Crippen LogP contribution in [0.4, 0.5) is 0 Å². The SMILES string of the molecule is c1ccc(O[C@H]2CO[C@@]3(CCCN(Cc4nccs4)C3)C2)nc1. The Hall–Kier alpha value is -1.50. The van der Waals surface area contributed by atoms with Crippen LogP contribution in [0.15, 0.2) is 36.0 Å². The number of likely N-dealkylation sites (tertiary alicyclic amines) is 1. The highest BCUT2D eigenvalue weighted by molar-refractivity contribution is 7.09. The van der Waals surface area contributed by atoms with Gasteiger partial charge >= 0.3 is 0 Å². The molecule has 2 aromatic rings. The van der Waals surface area contributed by atoms with Crippen LogP contribution < -0.4 is 4.74 Å². The van der Waals surface area contributed by atoms with E-state index >= 15 is 0 Å². The van der Waals surface area contributed by atoms with Gasteiger partial charge in [-0.25, -0.2) is 9.97 Å². The molecule has 0 unspecified atom stereocenters. The fourth-order valence-electron chi connectivity index (χ4n) is 3.60. The smallest absolute Gasteiger partial charge is 0.213 e. The van der Waals surface area contributed by atoms with E-state index in [0.717, 1.165) is 32.5 Å². The molecular formula is C17H21N3O2S. The molecule has 0 bridgehead atoms. The van der Waals surface area contributed by atoms with Crippen LogP contribution in [0.2, 0.25) is 0 Å². The van der Waals surface area contributed by atoms with Crippen molar-refractivity contribution >= 4 is 11.3 Å². The molecule has 0 amide bonds. The summed E-state index contributed by atoms with van der Waals surface area (Å²) < 4.78 is 12.2.